The van der Waals surface area contributed by atoms with E-state index in [0.717, 1.165) is 36.6 Å². The molecule has 0 saturated carbocycles. The zero-order valence-corrected chi connectivity index (χ0v) is 19.0. The van der Waals surface area contributed by atoms with Gasteiger partial charge in [0.2, 0.25) is 5.95 Å². The lowest BCUT2D eigenvalue weighted by Gasteiger charge is -2.18. The molecule has 1 unspecified atom stereocenters. The van der Waals surface area contributed by atoms with Gasteiger partial charge in [0.1, 0.15) is 5.39 Å². The van der Waals surface area contributed by atoms with Gasteiger partial charge >= 0.3 is 0 Å². The normalized spacial score (nSPS) is 14.5. The Morgan fingerprint density at radius 1 is 1.12 bits per heavy atom. The van der Waals surface area contributed by atoms with Crippen LogP contribution in [-0.2, 0) is 13.0 Å². The van der Waals surface area contributed by atoms with E-state index in [-0.39, 0.29) is 17.6 Å². The number of anilines is 2. The number of hydrogen-bond acceptors (Lipinski definition) is 7. The summed E-state index contributed by atoms with van der Waals surface area (Å²) >= 11 is 0. The first kappa shape index (κ1) is 21.3. The Bertz CT molecular complexity index is 1390. The molecular weight excluding hydrogens is 416 g/mol. The van der Waals surface area contributed by atoms with E-state index in [1.54, 1.807) is 17.1 Å². The molecule has 0 spiro atoms. The maximum atomic E-state index is 13.2. The summed E-state index contributed by atoms with van der Waals surface area (Å²) in [5, 5.41) is 7.17. The molecule has 4 N–H and O–H groups in total. The zero-order valence-electron chi connectivity index (χ0n) is 19.0. The highest BCUT2D eigenvalue weighted by molar-refractivity contribution is 5.77. The summed E-state index contributed by atoms with van der Waals surface area (Å²) in [5.41, 5.74) is 11.5. The first-order valence-corrected chi connectivity index (χ1v) is 11.2. The van der Waals surface area contributed by atoms with Gasteiger partial charge in [-0.05, 0) is 69.1 Å². The third-order valence-corrected chi connectivity index (χ3v) is 5.94. The summed E-state index contributed by atoms with van der Waals surface area (Å²) < 4.78 is 3.52. The minimum absolute atomic E-state index is 0.0804. The topological polar surface area (TPSA) is 116 Å². The van der Waals surface area contributed by atoms with Crippen LogP contribution in [0.1, 0.15) is 49.7 Å². The van der Waals surface area contributed by atoms with Crippen LogP contribution in [0.25, 0.3) is 16.7 Å². The molecule has 0 fully saturated rings. The second-order valence-electron chi connectivity index (χ2n) is 8.75. The molecule has 0 amide bonds. The standard InChI is InChI=1S/C24H28N8O/c1-14(2)31-23(33)20-13-28-24(29-18-5-4-16-6-8-26-12-17(16)10-18)30-22(20)32(31)19-7-9-27-21(11-19)15(3)25/h4-5,7,9-11,13-15,26H,6,8,12,25H2,1-3H3,(H,28,29,30). The molecule has 1 aromatic carbocycles. The Morgan fingerprint density at radius 2 is 1.97 bits per heavy atom. The van der Waals surface area contributed by atoms with Gasteiger partial charge in [0, 0.05) is 36.7 Å². The van der Waals surface area contributed by atoms with Crippen molar-refractivity contribution in [2.24, 2.45) is 5.73 Å². The van der Waals surface area contributed by atoms with Crippen molar-refractivity contribution in [3.05, 3.63) is 69.9 Å². The van der Waals surface area contributed by atoms with E-state index < -0.39 is 0 Å². The fraction of sp³-hybridized carbons (Fsp3) is 0.333. The maximum Gasteiger partial charge on any atom is 0.278 e. The van der Waals surface area contributed by atoms with Crippen LogP contribution < -0.4 is 21.9 Å². The van der Waals surface area contributed by atoms with E-state index in [1.165, 1.54) is 11.1 Å². The highest BCUT2D eigenvalue weighted by Gasteiger charge is 2.20. The molecule has 9 nitrogen and oxygen atoms in total. The molecule has 0 saturated heterocycles. The molecule has 0 radical (unpaired) electrons. The Kier molecular flexibility index (Phi) is 5.43. The highest BCUT2D eigenvalue weighted by atomic mass is 16.1. The zero-order chi connectivity index (χ0) is 23.1. The third-order valence-electron chi connectivity index (χ3n) is 5.94. The molecule has 9 heteroatoms. The Morgan fingerprint density at radius 3 is 2.76 bits per heavy atom. The summed E-state index contributed by atoms with van der Waals surface area (Å²) in [4.78, 5) is 26.7. The van der Waals surface area contributed by atoms with Crippen LogP contribution >= 0.6 is 0 Å². The molecule has 4 aromatic rings. The predicted octanol–water partition coefficient (Wildman–Crippen LogP) is 2.97. The molecule has 170 valence electrons. The van der Waals surface area contributed by atoms with E-state index in [1.807, 2.05) is 43.7 Å². The second-order valence-corrected chi connectivity index (χ2v) is 8.75. The first-order chi connectivity index (χ1) is 15.9. The second kappa shape index (κ2) is 8.42. The minimum Gasteiger partial charge on any atom is -0.324 e. The molecule has 1 aliphatic rings. The van der Waals surface area contributed by atoms with Gasteiger partial charge in [-0.25, -0.2) is 14.3 Å². The largest absolute Gasteiger partial charge is 0.324 e. The molecular formula is C24H28N8O. The lowest BCUT2D eigenvalue weighted by Crippen LogP contribution is -2.24. The van der Waals surface area contributed by atoms with Gasteiger partial charge in [-0.3, -0.25) is 9.78 Å². The van der Waals surface area contributed by atoms with E-state index in [2.05, 4.69) is 32.7 Å². The van der Waals surface area contributed by atoms with Gasteiger partial charge in [0.05, 0.1) is 11.4 Å². The van der Waals surface area contributed by atoms with E-state index in [9.17, 15) is 4.79 Å². The van der Waals surface area contributed by atoms with Gasteiger partial charge < -0.3 is 16.4 Å². The van der Waals surface area contributed by atoms with Crippen molar-refractivity contribution >= 4 is 22.7 Å². The molecule has 5 rings (SSSR count). The number of nitrogens with two attached hydrogens (primary N) is 1. The average molecular weight is 445 g/mol. The van der Waals surface area contributed by atoms with Crippen molar-refractivity contribution in [2.45, 2.75) is 45.8 Å². The van der Waals surface area contributed by atoms with Crippen LogP contribution in [0, 0.1) is 0 Å². The summed E-state index contributed by atoms with van der Waals surface area (Å²) in [5.74, 6) is 0.433. The third kappa shape index (κ3) is 3.90. The van der Waals surface area contributed by atoms with Crippen molar-refractivity contribution in [2.75, 3.05) is 11.9 Å². The molecule has 1 atom stereocenters. The van der Waals surface area contributed by atoms with Crippen LogP contribution in [0.15, 0.2) is 47.5 Å². The van der Waals surface area contributed by atoms with Crippen LogP contribution in [-0.4, -0.2) is 30.9 Å². The summed E-state index contributed by atoms with van der Waals surface area (Å²) in [6.07, 6.45) is 4.33. The van der Waals surface area contributed by atoms with E-state index >= 15 is 0 Å². The number of pyridine rings is 1. The van der Waals surface area contributed by atoms with Crippen molar-refractivity contribution in [3.63, 3.8) is 0 Å². The van der Waals surface area contributed by atoms with E-state index in [4.69, 9.17) is 10.7 Å². The SMILES string of the molecule is CC(N)c1cc(-n2c3nc(Nc4ccc5c(c4)CNCC5)ncc3c(=O)n2C(C)C)ccn1. The molecule has 3 aromatic heterocycles. The van der Waals surface area contributed by atoms with Gasteiger partial charge in [0.15, 0.2) is 5.65 Å². The predicted molar refractivity (Wildman–Crippen MR) is 129 cm³/mol. The number of rotatable bonds is 5. The maximum absolute atomic E-state index is 13.2. The Hall–Kier alpha value is -3.56. The molecule has 0 bridgehead atoms. The average Bonchev–Trinajstić information content (AvgIpc) is 3.11. The fourth-order valence-electron chi connectivity index (χ4n) is 4.28. The fourth-order valence-corrected chi connectivity index (χ4v) is 4.28. The van der Waals surface area contributed by atoms with Gasteiger partial charge in [0.25, 0.3) is 5.56 Å². The number of nitrogens with zero attached hydrogens (tertiary/aromatic N) is 5. The van der Waals surface area contributed by atoms with Crippen LogP contribution in [0.2, 0.25) is 0 Å². The van der Waals surface area contributed by atoms with Crippen LogP contribution in [0.4, 0.5) is 11.6 Å². The van der Waals surface area contributed by atoms with Crippen molar-refractivity contribution in [3.8, 4) is 5.69 Å². The summed E-state index contributed by atoms with van der Waals surface area (Å²) in [6, 6.07) is 9.76. The number of benzene rings is 1. The smallest absolute Gasteiger partial charge is 0.278 e. The van der Waals surface area contributed by atoms with Crippen molar-refractivity contribution < 1.29 is 0 Å². The quantitative estimate of drug-likeness (QED) is 0.433. The number of fused-ring (bicyclic) bond motifs is 2. The Balaban J connectivity index is 1.62. The van der Waals surface area contributed by atoms with Crippen molar-refractivity contribution in [1.29, 1.82) is 0 Å². The lowest BCUT2D eigenvalue weighted by atomic mass is 10.0. The molecule has 1 aliphatic heterocycles. The van der Waals surface area contributed by atoms with Gasteiger partial charge in [-0.2, -0.15) is 4.98 Å². The highest BCUT2D eigenvalue weighted by Crippen LogP contribution is 2.24. The summed E-state index contributed by atoms with van der Waals surface area (Å²) in [7, 11) is 0. The van der Waals surface area contributed by atoms with Crippen LogP contribution in [0.3, 0.4) is 0 Å². The minimum atomic E-state index is -0.226. The van der Waals surface area contributed by atoms with E-state index in [0.29, 0.717) is 17.0 Å². The lowest BCUT2D eigenvalue weighted by molar-refractivity contribution is 0.475. The molecule has 4 heterocycles. The van der Waals surface area contributed by atoms with Gasteiger partial charge in [-0.1, -0.05) is 6.07 Å². The molecule has 0 aliphatic carbocycles. The molecule has 33 heavy (non-hydrogen) atoms. The summed E-state index contributed by atoms with van der Waals surface area (Å²) in [6.45, 7) is 7.68. The van der Waals surface area contributed by atoms with Crippen molar-refractivity contribution in [1.82, 2.24) is 29.6 Å². The first-order valence-electron chi connectivity index (χ1n) is 11.2. The Labute approximate surface area is 191 Å². The van der Waals surface area contributed by atoms with Gasteiger partial charge in [-0.15, -0.1) is 0 Å². The van der Waals surface area contributed by atoms with Crippen LogP contribution in [0.5, 0.6) is 0 Å². The number of hydrogen-bond donors (Lipinski definition) is 3. The number of nitrogens with one attached hydrogen (secondary N) is 2. The monoisotopic (exact) mass is 444 g/mol. The number of aromatic nitrogens is 5.